The molecule has 4 aromatic carbocycles. The lowest BCUT2D eigenvalue weighted by atomic mass is 10.0. The fourth-order valence-corrected chi connectivity index (χ4v) is 8.98. The van der Waals surface area contributed by atoms with Crippen molar-refractivity contribution in [1.82, 2.24) is 10.6 Å². The smallest absolute Gasteiger partial charge is 0.408 e. The molecule has 12 heteroatoms. The Bertz CT molecular complexity index is 1960. The molecule has 4 aromatic rings. The second kappa shape index (κ2) is 17.5. The fourth-order valence-electron chi connectivity index (χ4n) is 6.69. The number of hydrogen-bond donors (Lipinski definition) is 2. The van der Waals surface area contributed by atoms with Crippen molar-refractivity contribution in [2.45, 2.75) is 90.9 Å². The highest BCUT2D eigenvalue weighted by Gasteiger charge is 2.31. The van der Waals surface area contributed by atoms with Gasteiger partial charge in [-0.3, -0.25) is 0 Å². The molecule has 2 aliphatic rings. The summed E-state index contributed by atoms with van der Waals surface area (Å²) in [6, 6.07) is 26.2. The van der Waals surface area contributed by atoms with Crippen LogP contribution in [0.1, 0.15) is 74.9 Å². The van der Waals surface area contributed by atoms with Crippen molar-refractivity contribution in [3.63, 3.8) is 0 Å². The second-order valence-electron chi connectivity index (χ2n) is 15.7. The number of benzene rings is 4. The van der Waals surface area contributed by atoms with Crippen LogP contribution in [0.2, 0.25) is 0 Å². The third kappa shape index (κ3) is 10.5. The highest BCUT2D eigenvalue weighted by molar-refractivity contribution is 8.76. The average molecular weight is 797 g/mol. The van der Waals surface area contributed by atoms with Gasteiger partial charge in [0.05, 0.1) is 0 Å². The maximum atomic E-state index is 13.2. The van der Waals surface area contributed by atoms with E-state index in [4.69, 9.17) is 18.9 Å². The predicted octanol–water partition coefficient (Wildman–Crippen LogP) is 8.78. The Morgan fingerprint density at radius 1 is 0.554 bits per heavy atom. The van der Waals surface area contributed by atoms with Gasteiger partial charge in [-0.1, -0.05) is 107 Å². The number of hydrogen-bond acceptors (Lipinski definition) is 10. The van der Waals surface area contributed by atoms with Crippen LogP contribution < -0.4 is 10.6 Å². The Labute approximate surface area is 336 Å². The molecule has 0 fully saturated rings. The minimum Gasteiger partial charge on any atom is -0.458 e. The minimum atomic E-state index is -1.05. The third-order valence-corrected chi connectivity index (χ3v) is 11.6. The summed E-state index contributed by atoms with van der Waals surface area (Å²) < 4.78 is 22.5. The number of rotatable bonds is 13. The molecule has 10 nitrogen and oxygen atoms in total. The zero-order chi connectivity index (χ0) is 40.0. The SMILES string of the molecule is CC(C)(C)OC(=O)[C@H](CSSC[C@H](NC(=O)OCc1cccc2c1Cc1ccccc1-2)C(=O)OC(C)(C)C)NC(=O)OCc1cccc2c1Cc1ccccc1-2. The molecule has 0 radical (unpaired) electrons. The molecule has 0 heterocycles. The molecule has 2 N–H and O–H groups in total. The molecule has 2 atom stereocenters. The van der Waals surface area contributed by atoms with E-state index in [0.29, 0.717) is 0 Å². The van der Waals surface area contributed by atoms with Gasteiger partial charge in [-0.2, -0.15) is 0 Å². The van der Waals surface area contributed by atoms with Crippen LogP contribution in [0.3, 0.4) is 0 Å². The molecule has 2 aliphatic carbocycles. The zero-order valence-corrected chi connectivity index (χ0v) is 34.2. The first kappa shape index (κ1) is 40.7. The third-order valence-electron chi connectivity index (χ3n) is 9.13. The lowest BCUT2D eigenvalue weighted by Crippen LogP contribution is -2.46. The minimum absolute atomic E-state index is 0.0334. The van der Waals surface area contributed by atoms with Crippen LogP contribution in [0, 0.1) is 0 Å². The molecule has 0 saturated carbocycles. The quantitative estimate of drug-likeness (QED) is 0.0507. The second-order valence-corrected chi connectivity index (χ2v) is 18.3. The summed E-state index contributed by atoms with van der Waals surface area (Å²) in [5, 5.41) is 5.35. The Hall–Kier alpha value is -4.94. The van der Waals surface area contributed by atoms with E-state index in [1.165, 1.54) is 43.8 Å². The average Bonchev–Trinajstić information content (AvgIpc) is 3.72. The van der Waals surface area contributed by atoms with E-state index in [0.717, 1.165) is 46.2 Å². The van der Waals surface area contributed by atoms with E-state index < -0.39 is 47.4 Å². The van der Waals surface area contributed by atoms with Gasteiger partial charge in [-0.25, -0.2) is 19.2 Å². The van der Waals surface area contributed by atoms with Crippen LogP contribution in [-0.4, -0.2) is 58.9 Å². The van der Waals surface area contributed by atoms with Crippen LogP contribution in [-0.2, 0) is 54.6 Å². The lowest BCUT2D eigenvalue weighted by molar-refractivity contribution is -0.157. The molecule has 2 amide bonds. The molecule has 56 heavy (non-hydrogen) atoms. The van der Waals surface area contributed by atoms with Crippen LogP contribution in [0.4, 0.5) is 9.59 Å². The summed E-state index contributed by atoms with van der Waals surface area (Å²) in [6.45, 7) is 10.5. The first-order valence-electron chi connectivity index (χ1n) is 18.6. The van der Waals surface area contributed by atoms with Gasteiger partial charge in [-0.05, 0) is 110 Å². The molecular formula is C44H48N2O8S2. The van der Waals surface area contributed by atoms with Crippen LogP contribution in [0.25, 0.3) is 22.3 Å². The number of carbonyl (C=O) groups is 4. The lowest BCUT2D eigenvalue weighted by Gasteiger charge is -2.25. The number of ether oxygens (including phenoxy) is 4. The van der Waals surface area contributed by atoms with E-state index in [1.807, 2.05) is 48.5 Å². The van der Waals surface area contributed by atoms with E-state index in [1.54, 1.807) is 41.5 Å². The van der Waals surface area contributed by atoms with Gasteiger partial charge in [0.2, 0.25) is 0 Å². The summed E-state index contributed by atoms with van der Waals surface area (Å²) in [7, 11) is 2.47. The van der Waals surface area contributed by atoms with Gasteiger partial charge in [0.15, 0.2) is 0 Å². The van der Waals surface area contributed by atoms with Crippen molar-refractivity contribution in [3.8, 4) is 22.3 Å². The van der Waals surface area contributed by atoms with E-state index in [-0.39, 0.29) is 24.7 Å². The van der Waals surface area contributed by atoms with Crippen LogP contribution in [0.15, 0.2) is 84.9 Å². The van der Waals surface area contributed by atoms with Crippen molar-refractivity contribution in [2.24, 2.45) is 0 Å². The van der Waals surface area contributed by atoms with Gasteiger partial charge in [-0.15, -0.1) is 0 Å². The molecule has 0 unspecified atom stereocenters. The number of nitrogens with one attached hydrogen (secondary N) is 2. The molecule has 0 aliphatic heterocycles. The highest BCUT2D eigenvalue weighted by atomic mass is 33.1. The molecular weight excluding hydrogens is 749 g/mol. The predicted molar refractivity (Wildman–Crippen MR) is 220 cm³/mol. The van der Waals surface area contributed by atoms with Crippen molar-refractivity contribution < 1.29 is 38.1 Å². The summed E-state index contributed by atoms with van der Waals surface area (Å²) in [5.74, 6) is -1.06. The Morgan fingerprint density at radius 3 is 1.32 bits per heavy atom. The number of esters is 2. The molecule has 0 spiro atoms. The van der Waals surface area contributed by atoms with Gasteiger partial charge >= 0.3 is 24.1 Å². The molecule has 0 saturated heterocycles. The van der Waals surface area contributed by atoms with Gasteiger partial charge in [0, 0.05) is 11.5 Å². The summed E-state index contributed by atoms with van der Waals surface area (Å²) in [6.07, 6.45) is -0.0173. The highest BCUT2D eigenvalue weighted by Crippen LogP contribution is 2.39. The number of fused-ring (bicyclic) bond motifs is 6. The number of alkyl carbamates (subject to hydrolysis) is 2. The summed E-state index contributed by atoms with van der Waals surface area (Å²) in [5.41, 5.74) is 9.47. The van der Waals surface area contributed by atoms with Crippen LogP contribution in [0.5, 0.6) is 0 Å². The molecule has 0 aromatic heterocycles. The van der Waals surface area contributed by atoms with Crippen LogP contribution >= 0.6 is 21.6 Å². The first-order chi connectivity index (χ1) is 26.6. The number of carbonyl (C=O) groups excluding carboxylic acids is 4. The summed E-state index contributed by atoms with van der Waals surface area (Å²) in [4.78, 5) is 52.7. The number of amides is 2. The molecule has 0 bridgehead atoms. The van der Waals surface area contributed by atoms with Gasteiger partial charge < -0.3 is 29.6 Å². The maximum absolute atomic E-state index is 13.2. The normalized spacial score (nSPS) is 13.6. The van der Waals surface area contributed by atoms with Crippen molar-refractivity contribution in [1.29, 1.82) is 0 Å². The van der Waals surface area contributed by atoms with E-state index in [9.17, 15) is 19.2 Å². The van der Waals surface area contributed by atoms with Crippen molar-refractivity contribution in [3.05, 3.63) is 118 Å². The van der Waals surface area contributed by atoms with E-state index in [2.05, 4.69) is 47.0 Å². The maximum Gasteiger partial charge on any atom is 0.408 e. The van der Waals surface area contributed by atoms with E-state index >= 15 is 0 Å². The largest absolute Gasteiger partial charge is 0.458 e. The topological polar surface area (TPSA) is 129 Å². The first-order valence-corrected chi connectivity index (χ1v) is 21.1. The molecule has 6 rings (SSSR count). The zero-order valence-electron chi connectivity index (χ0n) is 32.6. The van der Waals surface area contributed by atoms with Crippen molar-refractivity contribution >= 4 is 45.7 Å². The Balaban J connectivity index is 1.04. The molecule has 294 valence electrons. The standard InChI is InChI=1S/C44H48N2O8S2/c1-43(2,3)53-39(47)37(45-41(49)51-23-29-15-11-19-33-31-17-9-7-13-27(31)21-35(29)33)25-55-56-26-38(40(48)54-44(4,5)6)46-42(50)52-24-30-16-12-20-34-32-18-10-8-14-28(32)22-36(30)34/h7-20,37-38H,21-26H2,1-6H3,(H,45,49)(H,46,50)/t37-,38-/m0/s1. The van der Waals surface area contributed by atoms with Gasteiger partial charge in [0.1, 0.15) is 36.5 Å². The Kier molecular flexibility index (Phi) is 12.7. The summed E-state index contributed by atoms with van der Waals surface area (Å²) >= 11 is 0. The Morgan fingerprint density at radius 2 is 0.929 bits per heavy atom. The van der Waals surface area contributed by atoms with Crippen molar-refractivity contribution in [2.75, 3.05) is 11.5 Å². The monoisotopic (exact) mass is 796 g/mol. The fraction of sp³-hybridized carbons (Fsp3) is 0.364. The van der Waals surface area contributed by atoms with Gasteiger partial charge in [0.25, 0.3) is 0 Å².